The minimum atomic E-state index is -0.429. The monoisotopic (exact) mass is 408 g/mol. The van der Waals surface area contributed by atoms with Gasteiger partial charge >= 0.3 is 0 Å². The summed E-state index contributed by atoms with van der Waals surface area (Å²) in [5.41, 5.74) is 2.99. The summed E-state index contributed by atoms with van der Waals surface area (Å²) in [5, 5.41) is 8.84. The van der Waals surface area contributed by atoms with E-state index in [1.165, 1.54) is 12.1 Å². The van der Waals surface area contributed by atoms with Crippen molar-refractivity contribution < 1.29 is 8.78 Å². The average molecular weight is 408 g/mol. The molecule has 3 aromatic heterocycles. The van der Waals surface area contributed by atoms with E-state index in [1.54, 1.807) is 15.4 Å². The van der Waals surface area contributed by atoms with Crippen molar-refractivity contribution in [3.8, 4) is 5.69 Å². The van der Waals surface area contributed by atoms with Crippen molar-refractivity contribution in [3.63, 3.8) is 0 Å². The van der Waals surface area contributed by atoms with Gasteiger partial charge in [-0.3, -0.25) is 0 Å². The quantitative estimate of drug-likeness (QED) is 0.488. The summed E-state index contributed by atoms with van der Waals surface area (Å²) in [6.45, 7) is 2.87. The van der Waals surface area contributed by atoms with Crippen LogP contribution in [-0.2, 0) is 6.42 Å². The van der Waals surface area contributed by atoms with Crippen LogP contribution in [0, 0.1) is 11.6 Å². The molecule has 0 spiro atoms. The molecule has 1 aromatic carbocycles. The maximum absolute atomic E-state index is 14.4. The standard InChI is InChI=1S/C22H22F2N6/c1-2-4-15-12-25-30(14-15)20-13-26-29-10-8-21(27-22(20)29)28-9-3-5-19(28)17-11-16(23)6-7-18(17)24/h6-8,10-14,19H,2-5,9H2,1H3/t19-/m1/s1. The molecule has 1 saturated heterocycles. The van der Waals surface area contributed by atoms with Crippen LogP contribution < -0.4 is 4.90 Å². The molecule has 5 rings (SSSR count). The summed E-state index contributed by atoms with van der Waals surface area (Å²) in [4.78, 5) is 6.87. The van der Waals surface area contributed by atoms with Gasteiger partial charge in [-0.2, -0.15) is 10.2 Å². The third-order valence-corrected chi connectivity index (χ3v) is 5.62. The van der Waals surface area contributed by atoms with E-state index in [4.69, 9.17) is 4.98 Å². The lowest BCUT2D eigenvalue weighted by molar-refractivity contribution is 0.560. The highest BCUT2D eigenvalue weighted by Crippen LogP contribution is 2.37. The largest absolute Gasteiger partial charge is 0.349 e. The van der Waals surface area contributed by atoms with Gasteiger partial charge < -0.3 is 4.90 Å². The fourth-order valence-corrected chi connectivity index (χ4v) is 4.21. The van der Waals surface area contributed by atoms with Crippen LogP contribution in [0.5, 0.6) is 0 Å². The molecule has 0 radical (unpaired) electrons. The number of hydrogen-bond donors (Lipinski definition) is 0. The second kappa shape index (κ2) is 7.51. The lowest BCUT2D eigenvalue weighted by Crippen LogP contribution is -2.24. The number of fused-ring (bicyclic) bond motifs is 1. The van der Waals surface area contributed by atoms with Gasteiger partial charge in [0.15, 0.2) is 5.65 Å². The highest BCUT2D eigenvalue weighted by molar-refractivity contribution is 5.61. The molecule has 0 N–H and O–H groups in total. The first-order valence-electron chi connectivity index (χ1n) is 10.2. The van der Waals surface area contributed by atoms with Crippen LogP contribution in [0.2, 0.25) is 0 Å². The van der Waals surface area contributed by atoms with Gasteiger partial charge in [0, 0.05) is 24.5 Å². The van der Waals surface area contributed by atoms with E-state index < -0.39 is 5.82 Å². The smallest absolute Gasteiger partial charge is 0.183 e. The summed E-state index contributed by atoms with van der Waals surface area (Å²) < 4.78 is 31.7. The average Bonchev–Trinajstić information content (AvgIpc) is 3.48. The molecule has 30 heavy (non-hydrogen) atoms. The van der Waals surface area contributed by atoms with Crippen LogP contribution in [-0.4, -0.2) is 30.9 Å². The Morgan fingerprint density at radius 2 is 2.03 bits per heavy atom. The van der Waals surface area contributed by atoms with Crippen molar-refractivity contribution >= 4 is 11.5 Å². The van der Waals surface area contributed by atoms with Crippen molar-refractivity contribution in [2.45, 2.75) is 38.6 Å². The van der Waals surface area contributed by atoms with E-state index in [2.05, 4.69) is 17.1 Å². The Morgan fingerprint density at radius 1 is 1.13 bits per heavy atom. The summed E-state index contributed by atoms with van der Waals surface area (Å²) >= 11 is 0. The van der Waals surface area contributed by atoms with Crippen LogP contribution in [0.4, 0.5) is 14.6 Å². The predicted molar refractivity (Wildman–Crippen MR) is 110 cm³/mol. The van der Waals surface area contributed by atoms with E-state index in [0.717, 1.165) is 55.4 Å². The Morgan fingerprint density at radius 3 is 2.90 bits per heavy atom. The Hall–Kier alpha value is -3.29. The second-order valence-corrected chi connectivity index (χ2v) is 7.64. The fourth-order valence-electron chi connectivity index (χ4n) is 4.21. The number of rotatable bonds is 5. The molecule has 1 aliphatic rings. The van der Waals surface area contributed by atoms with E-state index in [9.17, 15) is 8.78 Å². The molecule has 4 aromatic rings. The maximum atomic E-state index is 14.4. The van der Waals surface area contributed by atoms with E-state index >= 15 is 0 Å². The van der Waals surface area contributed by atoms with Crippen LogP contribution in [0.3, 0.4) is 0 Å². The van der Waals surface area contributed by atoms with Gasteiger partial charge in [0.1, 0.15) is 23.1 Å². The molecular weight excluding hydrogens is 386 g/mol. The zero-order chi connectivity index (χ0) is 20.7. The molecule has 8 heteroatoms. The molecule has 1 atom stereocenters. The highest BCUT2D eigenvalue weighted by Gasteiger charge is 2.30. The zero-order valence-corrected chi connectivity index (χ0v) is 16.7. The Kier molecular flexibility index (Phi) is 4.69. The fraction of sp³-hybridized carbons (Fsp3) is 0.318. The number of halogens is 2. The first kappa shape index (κ1) is 18.7. The normalized spacial score (nSPS) is 16.6. The van der Waals surface area contributed by atoms with Crippen LogP contribution in [0.1, 0.15) is 43.4 Å². The van der Waals surface area contributed by atoms with Gasteiger partial charge in [-0.25, -0.2) is 23.0 Å². The molecule has 1 aliphatic heterocycles. The third-order valence-electron chi connectivity index (χ3n) is 5.62. The lowest BCUT2D eigenvalue weighted by Gasteiger charge is -2.26. The van der Waals surface area contributed by atoms with Gasteiger partial charge in [-0.1, -0.05) is 13.3 Å². The van der Waals surface area contributed by atoms with E-state index in [1.807, 2.05) is 29.6 Å². The Bertz CT molecular complexity index is 1200. The molecule has 4 heterocycles. The summed E-state index contributed by atoms with van der Waals surface area (Å²) in [6.07, 6.45) is 11.1. The molecule has 0 aliphatic carbocycles. The van der Waals surface area contributed by atoms with Gasteiger partial charge in [-0.05, 0) is 49.1 Å². The van der Waals surface area contributed by atoms with Gasteiger partial charge in [-0.15, -0.1) is 0 Å². The number of hydrogen-bond acceptors (Lipinski definition) is 4. The Balaban J connectivity index is 1.53. The summed E-state index contributed by atoms with van der Waals surface area (Å²) in [5.74, 6) is -0.0999. The topological polar surface area (TPSA) is 51.3 Å². The summed E-state index contributed by atoms with van der Waals surface area (Å²) in [6, 6.07) is 5.25. The highest BCUT2D eigenvalue weighted by atomic mass is 19.1. The van der Waals surface area contributed by atoms with Gasteiger partial charge in [0.2, 0.25) is 0 Å². The van der Waals surface area contributed by atoms with Crippen molar-refractivity contribution in [3.05, 3.63) is 71.8 Å². The number of benzene rings is 1. The molecule has 1 fully saturated rings. The number of aromatic nitrogens is 5. The molecule has 0 saturated carbocycles. The first-order chi connectivity index (χ1) is 14.6. The van der Waals surface area contributed by atoms with Crippen LogP contribution >= 0.6 is 0 Å². The van der Waals surface area contributed by atoms with Crippen molar-refractivity contribution in [2.24, 2.45) is 0 Å². The molecule has 0 unspecified atom stereocenters. The minimum absolute atomic E-state index is 0.247. The van der Waals surface area contributed by atoms with Crippen LogP contribution in [0.25, 0.3) is 11.3 Å². The lowest BCUT2D eigenvalue weighted by atomic mass is 10.0. The van der Waals surface area contributed by atoms with Crippen molar-refractivity contribution in [2.75, 3.05) is 11.4 Å². The van der Waals surface area contributed by atoms with E-state index in [-0.39, 0.29) is 11.9 Å². The van der Waals surface area contributed by atoms with Crippen molar-refractivity contribution in [1.29, 1.82) is 0 Å². The molecular formula is C22H22F2N6. The Labute approximate surface area is 172 Å². The molecule has 0 bridgehead atoms. The summed E-state index contributed by atoms with van der Waals surface area (Å²) in [7, 11) is 0. The maximum Gasteiger partial charge on any atom is 0.183 e. The van der Waals surface area contributed by atoms with Crippen LogP contribution in [0.15, 0.2) is 49.1 Å². The molecule has 6 nitrogen and oxygen atoms in total. The molecule has 0 amide bonds. The SMILES string of the molecule is CCCc1cnn(-c2cnn3ccc(N4CCC[C@@H]4c4cc(F)ccc4F)nc23)c1. The number of nitrogens with zero attached hydrogens (tertiary/aromatic N) is 6. The first-order valence-corrected chi connectivity index (χ1v) is 10.2. The second-order valence-electron chi connectivity index (χ2n) is 7.64. The predicted octanol–water partition coefficient (Wildman–Crippen LogP) is 4.49. The van der Waals surface area contributed by atoms with Gasteiger partial charge in [0.25, 0.3) is 0 Å². The van der Waals surface area contributed by atoms with E-state index in [0.29, 0.717) is 11.2 Å². The van der Waals surface area contributed by atoms with Gasteiger partial charge in [0.05, 0.1) is 18.4 Å². The zero-order valence-electron chi connectivity index (χ0n) is 16.7. The van der Waals surface area contributed by atoms with Crippen molar-refractivity contribution in [1.82, 2.24) is 24.4 Å². The number of anilines is 1. The molecule has 154 valence electrons. The minimum Gasteiger partial charge on any atom is -0.349 e. The third kappa shape index (κ3) is 3.22. The number of aryl methyl sites for hydroxylation is 1.